The molecule has 0 aromatic heterocycles. The number of non-ortho nitro benzene ring substituents is 1. The molecule has 2 N–H and O–H groups in total. The first-order chi connectivity index (χ1) is 13.3. The fourth-order valence-corrected chi connectivity index (χ4v) is 2.90. The first kappa shape index (κ1) is 24.4. The van der Waals surface area contributed by atoms with Crippen LogP contribution in [0.25, 0.3) is 0 Å². The predicted molar refractivity (Wildman–Crippen MR) is 95.7 cm³/mol. The van der Waals surface area contributed by atoms with Crippen molar-refractivity contribution < 1.29 is 49.9 Å². The van der Waals surface area contributed by atoms with Gasteiger partial charge in [-0.2, -0.15) is 16.8 Å². The lowest BCUT2D eigenvalue weighted by Gasteiger charge is -2.07. The maximum absolute atomic E-state index is 12.0. The minimum Gasteiger partial charge on any atom is -0.462 e. The van der Waals surface area contributed by atoms with Gasteiger partial charge in [0.1, 0.15) is 0 Å². The van der Waals surface area contributed by atoms with Crippen molar-refractivity contribution in [1.82, 2.24) is 0 Å². The highest BCUT2D eigenvalue weighted by molar-refractivity contribution is 7.86. The summed E-state index contributed by atoms with van der Waals surface area (Å²) in [6.07, 6.45) is -0.440. The average molecular weight is 455 g/mol. The number of esters is 2. The van der Waals surface area contributed by atoms with E-state index in [0.717, 1.165) is 18.2 Å². The van der Waals surface area contributed by atoms with Crippen LogP contribution in [0.15, 0.2) is 18.2 Å². The summed E-state index contributed by atoms with van der Waals surface area (Å²) in [7, 11) is -8.48. The summed E-state index contributed by atoms with van der Waals surface area (Å²) in [6, 6.07) is 2.61. The van der Waals surface area contributed by atoms with E-state index >= 15 is 0 Å². The molecule has 0 aliphatic heterocycles. The molecule has 0 saturated carbocycles. The molecule has 0 fully saturated rings. The fraction of sp³-hybridized carbons (Fsp3) is 0.429. The highest BCUT2D eigenvalue weighted by atomic mass is 32.2. The van der Waals surface area contributed by atoms with Crippen LogP contribution in [0.4, 0.5) is 5.69 Å². The third-order valence-electron chi connectivity index (χ3n) is 3.16. The second-order valence-electron chi connectivity index (χ2n) is 5.58. The maximum Gasteiger partial charge on any atom is 0.338 e. The topological polar surface area (TPSA) is 204 Å². The van der Waals surface area contributed by atoms with E-state index < -0.39 is 67.5 Å². The number of hydrogen-bond donors (Lipinski definition) is 2. The van der Waals surface area contributed by atoms with E-state index in [1.807, 2.05) is 0 Å². The molecular weight excluding hydrogens is 438 g/mol. The van der Waals surface area contributed by atoms with E-state index in [1.54, 1.807) is 0 Å². The van der Waals surface area contributed by atoms with Gasteiger partial charge >= 0.3 is 11.9 Å². The van der Waals surface area contributed by atoms with Gasteiger partial charge in [0.25, 0.3) is 25.9 Å². The average Bonchev–Trinajstić information content (AvgIpc) is 2.60. The van der Waals surface area contributed by atoms with E-state index in [1.165, 1.54) is 0 Å². The number of rotatable bonds is 11. The van der Waals surface area contributed by atoms with Crippen LogP contribution in [-0.2, 0) is 29.7 Å². The van der Waals surface area contributed by atoms with Crippen molar-refractivity contribution in [3.05, 3.63) is 39.4 Å². The monoisotopic (exact) mass is 455 g/mol. The van der Waals surface area contributed by atoms with Crippen LogP contribution >= 0.6 is 0 Å². The zero-order valence-corrected chi connectivity index (χ0v) is 16.3. The lowest BCUT2D eigenvalue weighted by molar-refractivity contribution is -0.384. The smallest absolute Gasteiger partial charge is 0.338 e. The molecule has 0 amide bonds. The van der Waals surface area contributed by atoms with Gasteiger partial charge < -0.3 is 9.47 Å². The number of nitrogens with zero attached hydrogens (tertiary/aromatic N) is 1. The second-order valence-corrected chi connectivity index (χ2v) is 8.72. The second kappa shape index (κ2) is 10.2. The van der Waals surface area contributed by atoms with Gasteiger partial charge in [-0.25, -0.2) is 9.59 Å². The number of carbonyl (C=O) groups excluding carboxylic acids is 2. The van der Waals surface area contributed by atoms with Crippen LogP contribution in [0.1, 0.15) is 33.6 Å². The van der Waals surface area contributed by atoms with Crippen molar-refractivity contribution in [3.8, 4) is 0 Å². The first-order valence-corrected chi connectivity index (χ1v) is 11.0. The van der Waals surface area contributed by atoms with Gasteiger partial charge in [0.05, 0.1) is 40.8 Å². The number of hydrogen-bond acceptors (Lipinski definition) is 10. The van der Waals surface area contributed by atoms with E-state index in [-0.39, 0.29) is 24.0 Å². The molecule has 0 spiro atoms. The number of nitro groups is 1. The Kier molecular flexibility index (Phi) is 8.62. The predicted octanol–water partition coefficient (Wildman–Crippen LogP) is 0.464. The normalized spacial score (nSPS) is 11.7. The molecule has 0 radical (unpaired) electrons. The lowest BCUT2D eigenvalue weighted by Crippen LogP contribution is -2.14. The van der Waals surface area contributed by atoms with Crippen molar-refractivity contribution in [2.24, 2.45) is 0 Å². The summed E-state index contributed by atoms with van der Waals surface area (Å²) in [5.41, 5.74) is -1.38. The minimum absolute atomic E-state index is 0.220. The first-order valence-electron chi connectivity index (χ1n) is 7.82. The van der Waals surface area contributed by atoms with Crippen LogP contribution in [-0.4, -0.2) is 67.5 Å². The summed E-state index contributed by atoms with van der Waals surface area (Å²) in [5, 5.41) is 11.0. The molecule has 162 valence electrons. The zero-order valence-electron chi connectivity index (χ0n) is 14.7. The van der Waals surface area contributed by atoms with Crippen molar-refractivity contribution in [3.63, 3.8) is 0 Å². The maximum atomic E-state index is 12.0. The Balaban J connectivity index is 2.83. The van der Waals surface area contributed by atoms with Crippen LogP contribution in [0.2, 0.25) is 0 Å². The number of benzene rings is 1. The molecule has 1 aromatic rings. The largest absolute Gasteiger partial charge is 0.462 e. The molecule has 29 heavy (non-hydrogen) atoms. The molecule has 0 unspecified atom stereocenters. The van der Waals surface area contributed by atoms with E-state index in [2.05, 4.69) is 0 Å². The standard InChI is InChI=1S/C14H17NO12S2/c16-13(26-3-1-5-28(20,21)22)10-7-11(9-12(8-10)15(18)19)14(17)27-4-2-6-29(23,24)25/h7-9H,1-6H2,(H,20,21,22)(H,23,24,25). The minimum atomic E-state index is -4.24. The van der Waals surface area contributed by atoms with Gasteiger partial charge in [-0.3, -0.25) is 19.2 Å². The Morgan fingerprint density at radius 3 is 1.55 bits per heavy atom. The van der Waals surface area contributed by atoms with E-state index in [9.17, 15) is 36.5 Å². The Hall–Kier alpha value is -2.62. The summed E-state index contributed by atoms with van der Waals surface area (Å²) in [5.74, 6) is -3.47. The number of nitro benzene ring substituents is 1. The molecule has 0 atom stereocenters. The van der Waals surface area contributed by atoms with Crippen molar-refractivity contribution in [1.29, 1.82) is 0 Å². The highest BCUT2D eigenvalue weighted by Crippen LogP contribution is 2.19. The number of carbonyl (C=O) groups is 2. The Bertz CT molecular complexity index is 914. The molecule has 1 rings (SSSR count). The molecule has 0 aliphatic rings. The Morgan fingerprint density at radius 1 is 0.862 bits per heavy atom. The fourth-order valence-electron chi connectivity index (χ4n) is 1.93. The Labute approximate surface area is 165 Å². The third kappa shape index (κ3) is 9.93. The van der Waals surface area contributed by atoms with Crippen molar-refractivity contribution >= 4 is 37.9 Å². The highest BCUT2D eigenvalue weighted by Gasteiger charge is 2.20. The van der Waals surface area contributed by atoms with Crippen LogP contribution in [0.3, 0.4) is 0 Å². The molecule has 0 heterocycles. The molecule has 1 aromatic carbocycles. The van der Waals surface area contributed by atoms with E-state index in [0.29, 0.717) is 0 Å². The summed E-state index contributed by atoms with van der Waals surface area (Å²) in [4.78, 5) is 34.1. The van der Waals surface area contributed by atoms with Gasteiger partial charge in [0.15, 0.2) is 0 Å². The molecule has 15 heteroatoms. The van der Waals surface area contributed by atoms with Gasteiger partial charge in [-0.05, 0) is 18.9 Å². The van der Waals surface area contributed by atoms with Gasteiger partial charge in [0.2, 0.25) is 0 Å². The van der Waals surface area contributed by atoms with Gasteiger partial charge in [0, 0.05) is 12.1 Å². The quantitative estimate of drug-likeness (QED) is 0.153. The molecule has 0 saturated heterocycles. The van der Waals surface area contributed by atoms with Crippen molar-refractivity contribution in [2.45, 2.75) is 12.8 Å². The van der Waals surface area contributed by atoms with Crippen LogP contribution in [0, 0.1) is 10.1 Å². The van der Waals surface area contributed by atoms with E-state index in [4.69, 9.17) is 18.6 Å². The summed E-state index contributed by atoms with van der Waals surface area (Å²) >= 11 is 0. The molecule has 0 aliphatic carbocycles. The SMILES string of the molecule is O=C(OCCCS(=O)(=O)O)c1cc(C(=O)OCCCS(=O)(=O)O)cc([N+](=O)[O-])c1. The zero-order chi connectivity index (χ0) is 22.2. The molecule has 0 bridgehead atoms. The lowest BCUT2D eigenvalue weighted by atomic mass is 10.1. The number of ether oxygens (including phenoxy) is 2. The van der Waals surface area contributed by atoms with Gasteiger partial charge in [-0.15, -0.1) is 0 Å². The Morgan fingerprint density at radius 2 is 1.24 bits per heavy atom. The van der Waals surface area contributed by atoms with Gasteiger partial charge in [-0.1, -0.05) is 0 Å². The molecular formula is C14H17NO12S2. The summed E-state index contributed by atoms with van der Waals surface area (Å²) < 4.78 is 69.0. The third-order valence-corrected chi connectivity index (χ3v) is 4.77. The van der Waals surface area contributed by atoms with Crippen LogP contribution < -0.4 is 0 Å². The molecule has 13 nitrogen and oxygen atoms in total. The summed E-state index contributed by atoms with van der Waals surface area (Å²) in [6.45, 7) is -0.812. The van der Waals surface area contributed by atoms with Crippen LogP contribution in [0.5, 0.6) is 0 Å². The van der Waals surface area contributed by atoms with Crippen molar-refractivity contribution in [2.75, 3.05) is 24.7 Å².